The Hall–Kier alpha value is -1.22. The van der Waals surface area contributed by atoms with Crippen LogP contribution in [0.5, 0.6) is 0 Å². The van der Waals surface area contributed by atoms with E-state index >= 15 is 0 Å². The van der Waals surface area contributed by atoms with E-state index in [1.807, 2.05) is 29.7 Å². The van der Waals surface area contributed by atoms with Gasteiger partial charge in [0.15, 0.2) is 5.15 Å². The molecule has 12 heavy (non-hydrogen) atoms. The van der Waals surface area contributed by atoms with Gasteiger partial charge in [-0.3, -0.25) is 0 Å². The average Bonchev–Trinajstić information content (AvgIpc) is 2.28. The molecule has 2 aromatic heterocycles. The summed E-state index contributed by atoms with van der Waals surface area (Å²) in [6, 6.07) is 3.67. The van der Waals surface area contributed by atoms with Gasteiger partial charge in [-0.05, 0) is 19.1 Å². The lowest BCUT2D eigenvalue weighted by Gasteiger charge is -1.96. The highest BCUT2D eigenvalue weighted by Crippen LogP contribution is 2.18. The summed E-state index contributed by atoms with van der Waals surface area (Å²) in [5.41, 5.74) is 7.21. The van der Waals surface area contributed by atoms with Crippen LogP contribution in [-0.2, 0) is 0 Å². The third-order valence-corrected chi connectivity index (χ3v) is 2.07. The molecular weight excluding hydrogens is 174 g/mol. The highest BCUT2D eigenvalue weighted by Gasteiger charge is 2.04. The number of pyridine rings is 1. The minimum Gasteiger partial charge on any atom is -0.398 e. The maximum absolute atomic E-state index is 5.86. The zero-order chi connectivity index (χ0) is 8.72. The molecule has 4 heteroatoms. The lowest BCUT2D eigenvalue weighted by atomic mass is 10.4. The highest BCUT2D eigenvalue weighted by atomic mass is 35.5. The van der Waals surface area contributed by atoms with Crippen LogP contribution in [0.2, 0.25) is 5.15 Å². The normalized spacial score (nSPS) is 10.8. The first-order valence-electron chi connectivity index (χ1n) is 3.58. The van der Waals surface area contributed by atoms with Crippen LogP contribution in [0.1, 0.15) is 5.82 Å². The van der Waals surface area contributed by atoms with Gasteiger partial charge in [0.05, 0.1) is 5.52 Å². The fourth-order valence-corrected chi connectivity index (χ4v) is 1.48. The van der Waals surface area contributed by atoms with E-state index in [2.05, 4.69) is 4.98 Å². The number of halogens is 1. The van der Waals surface area contributed by atoms with E-state index in [0.29, 0.717) is 10.8 Å². The number of nitrogens with zero attached hydrogens (tertiary/aromatic N) is 2. The van der Waals surface area contributed by atoms with Crippen LogP contribution >= 0.6 is 11.6 Å². The maximum atomic E-state index is 5.86. The molecule has 0 saturated carbocycles. The Kier molecular flexibility index (Phi) is 1.48. The monoisotopic (exact) mass is 181 g/mol. The zero-order valence-corrected chi connectivity index (χ0v) is 7.34. The summed E-state index contributed by atoms with van der Waals surface area (Å²) in [7, 11) is 0. The summed E-state index contributed by atoms with van der Waals surface area (Å²) in [4.78, 5) is 4.10. The standard InChI is InChI=1S/C8H8ClN3/c1-5-11-8(9)7-3-2-6(10)4-12(5)7/h2-4H,10H2,1H3. The van der Waals surface area contributed by atoms with Crippen LogP contribution in [-0.4, -0.2) is 9.38 Å². The molecule has 2 heterocycles. The maximum Gasteiger partial charge on any atom is 0.155 e. The number of aryl methyl sites for hydroxylation is 1. The molecule has 3 nitrogen and oxygen atoms in total. The number of imidazole rings is 1. The molecule has 0 amide bonds. The van der Waals surface area contributed by atoms with Crippen LogP contribution in [0.3, 0.4) is 0 Å². The van der Waals surface area contributed by atoms with E-state index in [0.717, 1.165) is 11.3 Å². The van der Waals surface area contributed by atoms with Crippen molar-refractivity contribution in [2.75, 3.05) is 5.73 Å². The van der Waals surface area contributed by atoms with Crippen molar-refractivity contribution < 1.29 is 0 Å². The molecule has 0 aliphatic carbocycles. The minimum absolute atomic E-state index is 0.521. The van der Waals surface area contributed by atoms with Gasteiger partial charge < -0.3 is 10.1 Å². The highest BCUT2D eigenvalue weighted by molar-refractivity contribution is 6.32. The molecule has 0 bridgehead atoms. The quantitative estimate of drug-likeness (QED) is 0.675. The van der Waals surface area contributed by atoms with Crippen LogP contribution in [0.4, 0.5) is 5.69 Å². The molecule has 0 spiro atoms. The first-order valence-corrected chi connectivity index (χ1v) is 3.96. The van der Waals surface area contributed by atoms with Crippen molar-refractivity contribution in [3.8, 4) is 0 Å². The molecule has 0 aliphatic rings. The lowest BCUT2D eigenvalue weighted by molar-refractivity contribution is 1.05. The fraction of sp³-hybridized carbons (Fsp3) is 0.125. The Morgan fingerprint density at radius 3 is 3.00 bits per heavy atom. The number of rotatable bonds is 0. The van der Waals surface area contributed by atoms with Gasteiger partial charge in [0, 0.05) is 11.9 Å². The van der Waals surface area contributed by atoms with Gasteiger partial charge >= 0.3 is 0 Å². The van der Waals surface area contributed by atoms with Gasteiger partial charge in [-0.2, -0.15) is 0 Å². The van der Waals surface area contributed by atoms with Gasteiger partial charge in [-0.1, -0.05) is 11.6 Å². The largest absolute Gasteiger partial charge is 0.398 e. The van der Waals surface area contributed by atoms with Gasteiger partial charge in [-0.15, -0.1) is 0 Å². The molecule has 0 unspecified atom stereocenters. The third-order valence-electron chi connectivity index (χ3n) is 1.79. The number of hydrogen-bond donors (Lipinski definition) is 1. The van der Waals surface area contributed by atoms with E-state index in [1.54, 1.807) is 0 Å². The summed E-state index contributed by atoms with van der Waals surface area (Å²) in [6.45, 7) is 1.89. The van der Waals surface area contributed by atoms with Crippen molar-refractivity contribution in [3.63, 3.8) is 0 Å². The Bertz CT molecular complexity index is 433. The van der Waals surface area contributed by atoms with Crippen molar-refractivity contribution in [1.82, 2.24) is 9.38 Å². The fourth-order valence-electron chi connectivity index (χ4n) is 1.21. The van der Waals surface area contributed by atoms with Crippen molar-refractivity contribution in [2.24, 2.45) is 0 Å². The second kappa shape index (κ2) is 2.38. The van der Waals surface area contributed by atoms with Crippen LogP contribution < -0.4 is 5.73 Å². The van der Waals surface area contributed by atoms with Gasteiger partial charge in [0.2, 0.25) is 0 Å². The lowest BCUT2D eigenvalue weighted by Crippen LogP contribution is -1.91. The van der Waals surface area contributed by atoms with E-state index in [9.17, 15) is 0 Å². The van der Waals surface area contributed by atoms with E-state index < -0.39 is 0 Å². The second-order valence-electron chi connectivity index (χ2n) is 2.67. The molecule has 2 N–H and O–H groups in total. The smallest absolute Gasteiger partial charge is 0.155 e. The zero-order valence-electron chi connectivity index (χ0n) is 6.58. The van der Waals surface area contributed by atoms with Crippen LogP contribution in [0.15, 0.2) is 18.3 Å². The molecule has 0 radical (unpaired) electrons. The van der Waals surface area contributed by atoms with E-state index in [1.165, 1.54) is 0 Å². The van der Waals surface area contributed by atoms with Gasteiger partial charge in [0.1, 0.15) is 5.82 Å². The second-order valence-corrected chi connectivity index (χ2v) is 3.03. The first-order chi connectivity index (χ1) is 5.68. The Balaban J connectivity index is 2.90. The number of nitrogen functional groups attached to an aromatic ring is 1. The predicted molar refractivity (Wildman–Crippen MR) is 49.4 cm³/mol. The van der Waals surface area contributed by atoms with Gasteiger partial charge in [-0.25, -0.2) is 4.98 Å². The van der Waals surface area contributed by atoms with Crippen molar-refractivity contribution in [2.45, 2.75) is 6.92 Å². The number of nitrogens with two attached hydrogens (primary N) is 1. The topological polar surface area (TPSA) is 43.3 Å². The predicted octanol–water partition coefficient (Wildman–Crippen LogP) is 1.88. The van der Waals surface area contributed by atoms with Crippen LogP contribution in [0.25, 0.3) is 5.52 Å². The number of fused-ring (bicyclic) bond motifs is 1. The summed E-state index contributed by atoms with van der Waals surface area (Å²) in [5, 5.41) is 0.521. The summed E-state index contributed by atoms with van der Waals surface area (Å²) in [6.07, 6.45) is 1.81. The SMILES string of the molecule is Cc1nc(Cl)c2ccc(N)cn12. The molecule has 0 atom stereocenters. The van der Waals surface area contributed by atoms with Crippen molar-refractivity contribution in [1.29, 1.82) is 0 Å². The molecule has 2 rings (SSSR count). The molecule has 2 aromatic rings. The summed E-state index contributed by atoms with van der Waals surface area (Å²) in [5.74, 6) is 0.849. The van der Waals surface area contributed by atoms with E-state index in [-0.39, 0.29) is 0 Å². The van der Waals surface area contributed by atoms with E-state index in [4.69, 9.17) is 17.3 Å². The molecule has 0 fully saturated rings. The summed E-state index contributed by atoms with van der Waals surface area (Å²) < 4.78 is 1.87. The minimum atomic E-state index is 0.521. The summed E-state index contributed by atoms with van der Waals surface area (Å²) >= 11 is 5.86. The Morgan fingerprint density at radius 1 is 1.50 bits per heavy atom. The number of hydrogen-bond acceptors (Lipinski definition) is 2. The third kappa shape index (κ3) is 0.940. The Labute approximate surface area is 74.8 Å². The molecule has 0 aliphatic heterocycles. The Morgan fingerprint density at radius 2 is 2.25 bits per heavy atom. The van der Waals surface area contributed by atoms with Gasteiger partial charge in [0.25, 0.3) is 0 Å². The molecular formula is C8H8ClN3. The molecule has 62 valence electrons. The molecule has 0 saturated heterocycles. The number of aromatic nitrogens is 2. The average molecular weight is 182 g/mol. The first kappa shape index (κ1) is 7.43. The van der Waals surface area contributed by atoms with Crippen molar-refractivity contribution >= 4 is 22.8 Å². The van der Waals surface area contributed by atoms with Crippen molar-refractivity contribution in [3.05, 3.63) is 29.3 Å². The number of anilines is 1. The van der Waals surface area contributed by atoms with Crippen LogP contribution in [0, 0.1) is 6.92 Å². The molecule has 0 aromatic carbocycles.